The summed E-state index contributed by atoms with van der Waals surface area (Å²) in [7, 11) is 0. The molecule has 0 aliphatic carbocycles. The van der Waals surface area contributed by atoms with Crippen LogP contribution in [0.25, 0.3) is 0 Å². The lowest BCUT2D eigenvalue weighted by Crippen LogP contribution is -2.46. The molecule has 136 valence electrons. The lowest BCUT2D eigenvalue weighted by molar-refractivity contribution is -0.0546. The molecule has 0 atom stereocenters. The molecule has 0 heterocycles. The van der Waals surface area contributed by atoms with Crippen LogP contribution in [0.4, 0.5) is 22.0 Å². The zero-order chi connectivity index (χ0) is 19.0. The van der Waals surface area contributed by atoms with Gasteiger partial charge in [0.25, 0.3) is 11.4 Å². The van der Waals surface area contributed by atoms with E-state index in [1.807, 2.05) is 0 Å². The third-order valence-electron chi connectivity index (χ3n) is 1.42. The standard InChI is InChI=1S/C3Cl6F2.C3Cl5F3/c4-2(5,6)1(10,11)3(7,8)9;4-2(5,6)1(9,10)3(7,8)11. The quantitative estimate of drug-likeness (QED) is 0.224. The highest BCUT2D eigenvalue weighted by Gasteiger charge is 2.66. The normalized spacial score (nSPS) is 15.3. The molecule has 16 heteroatoms. The van der Waals surface area contributed by atoms with E-state index >= 15 is 0 Å². The average Bonchev–Trinajstić information content (AvgIpc) is 2.10. The summed E-state index contributed by atoms with van der Waals surface area (Å²) in [5.74, 6) is -8.50. The van der Waals surface area contributed by atoms with Crippen molar-refractivity contribution < 1.29 is 22.0 Å². The van der Waals surface area contributed by atoms with Crippen LogP contribution < -0.4 is 0 Å². The van der Waals surface area contributed by atoms with E-state index in [9.17, 15) is 22.0 Å². The summed E-state index contributed by atoms with van der Waals surface area (Å²) in [5.41, 5.74) is 0. The summed E-state index contributed by atoms with van der Waals surface area (Å²) in [6, 6.07) is 0. The zero-order valence-electron chi connectivity index (χ0n) is 9.05. The van der Waals surface area contributed by atoms with Crippen molar-refractivity contribution in [1.29, 1.82) is 0 Å². The summed E-state index contributed by atoms with van der Waals surface area (Å²) in [5, 5.41) is 0. The molecule has 0 aromatic rings. The number of alkyl halides is 16. The molecule has 0 nitrogen and oxygen atoms in total. The number of halogens is 16. The van der Waals surface area contributed by atoms with Crippen molar-refractivity contribution in [2.75, 3.05) is 0 Å². The van der Waals surface area contributed by atoms with Crippen molar-refractivity contribution >= 4 is 128 Å². The predicted octanol–water partition coefficient (Wildman–Crippen LogP) is 8.45. The Kier molecular flexibility index (Phi) is 10.1. The van der Waals surface area contributed by atoms with Gasteiger partial charge in [-0.3, -0.25) is 0 Å². The minimum Gasteiger partial charge on any atom is -0.201 e. The van der Waals surface area contributed by atoms with Crippen LogP contribution in [0.1, 0.15) is 0 Å². The fourth-order valence-electron chi connectivity index (χ4n) is 0.321. The largest absolute Gasteiger partial charge is 0.355 e. The van der Waals surface area contributed by atoms with E-state index in [1.54, 1.807) is 0 Å². The van der Waals surface area contributed by atoms with Crippen LogP contribution in [-0.2, 0) is 0 Å². The van der Waals surface area contributed by atoms with Gasteiger partial charge in [0.05, 0.1) is 0 Å². The van der Waals surface area contributed by atoms with Crippen molar-refractivity contribution in [2.45, 2.75) is 27.8 Å². The molecule has 0 rings (SSSR count). The highest BCUT2D eigenvalue weighted by molar-refractivity contribution is 6.73. The van der Waals surface area contributed by atoms with Gasteiger partial charge in [-0.2, -0.15) is 17.6 Å². The maximum absolute atomic E-state index is 12.6. The van der Waals surface area contributed by atoms with Crippen LogP contribution >= 0.6 is 128 Å². The lowest BCUT2D eigenvalue weighted by atomic mass is 10.4. The number of rotatable bonds is 1. The van der Waals surface area contributed by atoms with E-state index in [-0.39, 0.29) is 0 Å². The maximum Gasteiger partial charge on any atom is 0.355 e. The second kappa shape index (κ2) is 8.24. The van der Waals surface area contributed by atoms with E-state index in [1.165, 1.54) is 0 Å². The summed E-state index contributed by atoms with van der Waals surface area (Å²) in [6.45, 7) is 0. The van der Waals surface area contributed by atoms with Crippen LogP contribution in [0.15, 0.2) is 0 Å². The Morgan fingerprint density at radius 2 is 0.545 bits per heavy atom. The Hall–Kier alpha value is 2.84. The first-order chi connectivity index (χ1) is 9.00. The Bertz CT molecular complexity index is 291. The lowest BCUT2D eigenvalue weighted by Gasteiger charge is -2.29. The average molecular weight is 557 g/mol. The molecular weight excluding hydrogens is 557 g/mol. The molecule has 0 spiro atoms. The second-order valence-electron chi connectivity index (χ2n) is 3.14. The van der Waals surface area contributed by atoms with Gasteiger partial charge in [0.1, 0.15) is 0 Å². The number of hydrogen-bond donors (Lipinski definition) is 0. The molecule has 0 fully saturated rings. The summed E-state index contributed by atoms with van der Waals surface area (Å²) in [4.78, 5) is 0. The fourth-order valence-corrected chi connectivity index (χ4v) is 2.57. The van der Waals surface area contributed by atoms with Crippen LogP contribution in [0.2, 0.25) is 0 Å². The molecule has 0 N–H and O–H groups in total. The van der Waals surface area contributed by atoms with Gasteiger partial charge >= 0.3 is 16.4 Å². The Labute approximate surface area is 176 Å². The predicted molar refractivity (Wildman–Crippen MR) is 86.3 cm³/mol. The molecule has 22 heavy (non-hydrogen) atoms. The van der Waals surface area contributed by atoms with Gasteiger partial charge in [0, 0.05) is 0 Å². The summed E-state index contributed by atoms with van der Waals surface area (Å²) < 4.78 is 49.3. The third-order valence-corrected chi connectivity index (χ3v) is 4.03. The van der Waals surface area contributed by atoms with Crippen molar-refractivity contribution in [3.63, 3.8) is 0 Å². The molecular formula is C6Cl11F5. The van der Waals surface area contributed by atoms with Crippen molar-refractivity contribution in [3.8, 4) is 0 Å². The first-order valence-electron chi connectivity index (χ1n) is 4.02. The van der Waals surface area contributed by atoms with Gasteiger partial charge in [-0.15, -0.1) is 0 Å². The van der Waals surface area contributed by atoms with Gasteiger partial charge in [-0.25, -0.2) is 4.39 Å². The molecule has 0 amide bonds. The maximum atomic E-state index is 12.6. The topological polar surface area (TPSA) is 0 Å². The van der Waals surface area contributed by atoms with Crippen molar-refractivity contribution in [3.05, 3.63) is 0 Å². The van der Waals surface area contributed by atoms with Gasteiger partial charge in [0.15, 0.2) is 0 Å². The van der Waals surface area contributed by atoms with E-state index in [0.29, 0.717) is 0 Å². The smallest absolute Gasteiger partial charge is 0.201 e. The summed E-state index contributed by atoms with van der Waals surface area (Å²) >= 11 is 51.9. The molecule has 0 aliphatic heterocycles. The summed E-state index contributed by atoms with van der Waals surface area (Å²) in [6.07, 6.45) is 0. The minimum absolute atomic E-state index is 2.93. The Morgan fingerprint density at radius 1 is 0.364 bits per heavy atom. The van der Waals surface area contributed by atoms with Gasteiger partial charge < -0.3 is 0 Å². The molecule has 0 aliphatic rings. The highest BCUT2D eigenvalue weighted by Crippen LogP contribution is 2.55. The number of hydrogen-bond acceptors (Lipinski definition) is 0. The Balaban J connectivity index is 0. The fraction of sp³-hybridized carbons (Fsp3) is 1.00. The van der Waals surface area contributed by atoms with Gasteiger partial charge in [-0.05, 0) is 0 Å². The van der Waals surface area contributed by atoms with Gasteiger partial charge in [-0.1, -0.05) is 128 Å². The monoisotopic (exact) mass is 552 g/mol. The second-order valence-corrected chi connectivity index (χ2v) is 11.2. The van der Waals surface area contributed by atoms with E-state index in [0.717, 1.165) is 0 Å². The molecule has 0 unspecified atom stereocenters. The molecule has 0 radical (unpaired) electrons. The SMILES string of the molecule is FC(Cl)(Cl)C(F)(F)C(Cl)(Cl)Cl.FC(F)(C(Cl)(Cl)Cl)C(Cl)(Cl)Cl. The Morgan fingerprint density at radius 3 is 0.545 bits per heavy atom. The van der Waals surface area contributed by atoms with Crippen LogP contribution in [0.5, 0.6) is 0 Å². The van der Waals surface area contributed by atoms with Crippen molar-refractivity contribution in [1.82, 2.24) is 0 Å². The highest BCUT2D eigenvalue weighted by atomic mass is 35.6. The van der Waals surface area contributed by atoms with E-state index in [4.69, 9.17) is 69.6 Å². The van der Waals surface area contributed by atoms with Crippen LogP contribution in [0, 0.1) is 0 Å². The van der Waals surface area contributed by atoms with E-state index < -0.39 is 27.8 Å². The molecule has 0 saturated heterocycles. The first-order valence-corrected chi connectivity index (χ1v) is 8.18. The van der Waals surface area contributed by atoms with Crippen LogP contribution in [0.3, 0.4) is 0 Å². The van der Waals surface area contributed by atoms with Crippen molar-refractivity contribution in [2.24, 2.45) is 0 Å². The zero-order valence-corrected chi connectivity index (χ0v) is 17.4. The molecule has 0 bridgehead atoms. The molecule has 0 saturated carbocycles. The molecule has 0 aromatic heterocycles. The van der Waals surface area contributed by atoms with Gasteiger partial charge in [0.2, 0.25) is 0 Å². The third kappa shape index (κ3) is 7.22. The first kappa shape index (κ1) is 27.1. The van der Waals surface area contributed by atoms with E-state index in [2.05, 4.69) is 58.0 Å². The minimum atomic E-state index is -4.46. The van der Waals surface area contributed by atoms with Crippen LogP contribution in [-0.4, -0.2) is 27.8 Å². The molecule has 0 aromatic carbocycles.